The van der Waals surface area contributed by atoms with E-state index in [1.54, 1.807) is 6.92 Å². The quantitative estimate of drug-likeness (QED) is 0.558. The van der Waals surface area contributed by atoms with Gasteiger partial charge in [-0.25, -0.2) is 16.8 Å². The molecule has 2 aliphatic rings. The number of sulfonamides is 2. The zero-order valence-electron chi connectivity index (χ0n) is 18.5. The lowest BCUT2D eigenvalue weighted by Crippen LogP contribution is -2.40. The van der Waals surface area contributed by atoms with Gasteiger partial charge in [-0.1, -0.05) is 13.8 Å². The Balaban J connectivity index is 2.00. The number of ether oxygens (including phenoxy) is 1. The van der Waals surface area contributed by atoms with Crippen LogP contribution in [-0.4, -0.2) is 68.8 Å². The Bertz CT molecular complexity index is 917. The van der Waals surface area contributed by atoms with Crippen molar-refractivity contribution in [3.8, 4) is 0 Å². The van der Waals surface area contributed by atoms with Crippen LogP contribution in [0.3, 0.4) is 0 Å². The molecule has 0 saturated carbocycles. The molecule has 0 aliphatic carbocycles. The summed E-state index contributed by atoms with van der Waals surface area (Å²) in [4.78, 5) is 11.4. The highest BCUT2D eigenvalue weighted by Gasteiger charge is 2.38. The molecule has 0 aromatic carbocycles. The van der Waals surface area contributed by atoms with Crippen LogP contribution >= 0.6 is 0 Å². The van der Waals surface area contributed by atoms with Gasteiger partial charge in [0.15, 0.2) is 0 Å². The maximum absolute atomic E-state index is 13.4. The van der Waals surface area contributed by atoms with Crippen LogP contribution in [0.5, 0.6) is 0 Å². The Morgan fingerprint density at radius 3 is 1.61 bits per heavy atom. The molecule has 1 aromatic rings. The number of nitrogens with zero attached hydrogens (tertiary/aromatic N) is 3. The van der Waals surface area contributed by atoms with Gasteiger partial charge in [0, 0.05) is 38.6 Å². The first-order chi connectivity index (χ1) is 14.6. The van der Waals surface area contributed by atoms with E-state index in [4.69, 9.17) is 4.74 Å². The van der Waals surface area contributed by atoms with E-state index in [0.29, 0.717) is 38.0 Å². The lowest BCUT2D eigenvalue weighted by Gasteiger charge is -2.31. The summed E-state index contributed by atoms with van der Waals surface area (Å²) in [7, 11) is -8.04. The third-order valence-electron chi connectivity index (χ3n) is 6.15. The SMILES string of the molecule is CCOC(=O)Cn1cc(S(=O)(=O)N2CCC(C)CC2)c(S(=O)(=O)N2CCC(C)CC2)c1. The molecule has 9 nitrogen and oxygen atoms in total. The summed E-state index contributed by atoms with van der Waals surface area (Å²) in [5.41, 5.74) is 0. The lowest BCUT2D eigenvalue weighted by molar-refractivity contribution is -0.143. The van der Waals surface area contributed by atoms with E-state index >= 15 is 0 Å². The van der Waals surface area contributed by atoms with Crippen LogP contribution < -0.4 is 0 Å². The van der Waals surface area contributed by atoms with Gasteiger partial charge in [-0.3, -0.25) is 4.79 Å². The number of piperidine rings is 2. The van der Waals surface area contributed by atoms with E-state index in [-0.39, 0.29) is 22.9 Å². The van der Waals surface area contributed by atoms with Crippen molar-refractivity contribution in [3.63, 3.8) is 0 Å². The molecule has 0 radical (unpaired) electrons. The second kappa shape index (κ2) is 9.60. The molecule has 0 bridgehead atoms. The summed E-state index contributed by atoms with van der Waals surface area (Å²) in [6, 6.07) is 0. The average molecular weight is 476 g/mol. The lowest BCUT2D eigenvalue weighted by atomic mass is 10.0. The van der Waals surface area contributed by atoms with Crippen LogP contribution in [0, 0.1) is 11.8 Å². The van der Waals surface area contributed by atoms with Gasteiger partial charge in [-0.05, 0) is 44.4 Å². The van der Waals surface area contributed by atoms with Gasteiger partial charge >= 0.3 is 5.97 Å². The molecule has 0 spiro atoms. The molecule has 0 amide bonds. The van der Waals surface area contributed by atoms with Crippen molar-refractivity contribution in [1.29, 1.82) is 0 Å². The van der Waals surface area contributed by atoms with Crippen LogP contribution in [0.25, 0.3) is 0 Å². The minimum absolute atomic E-state index is 0.189. The largest absolute Gasteiger partial charge is 0.465 e. The molecular weight excluding hydrogens is 442 g/mol. The van der Waals surface area contributed by atoms with Crippen molar-refractivity contribution in [2.24, 2.45) is 11.8 Å². The van der Waals surface area contributed by atoms with Crippen molar-refractivity contribution in [2.75, 3.05) is 32.8 Å². The molecule has 3 heterocycles. The molecule has 0 atom stereocenters. The number of rotatable bonds is 7. The van der Waals surface area contributed by atoms with E-state index < -0.39 is 26.0 Å². The van der Waals surface area contributed by atoms with Gasteiger partial charge in [0.2, 0.25) is 20.0 Å². The minimum atomic E-state index is -4.02. The first-order valence-electron chi connectivity index (χ1n) is 10.9. The van der Waals surface area contributed by atoms with Crippen molar-refractivity contribution in [2.45, 2.75) is 62.8 Å². The van der Waals surface area contributed by atoms with Gasteiger partial charge in [0.05, 0.1) is 6.61 Å². The van der Waals surface area contributed by atoms with Gasteiger partial charge < -0.3 is 9.30 Å². The number of aromatic nitrogens is 1. The minimum Gasteiger partial charge on any atom is -0.465 e. The van der Waals surface area contributed by atoms with Crippen molar-refractivity contribution < 1.29 is 26.4 Å². The van der Waals surface area contributed by atoms with Gasteiger partial charge in [0.1, 0.15) is 16.3 Å². The van der Waals surface area contributed by atoms with E-state index in [1.165, 1.54) is 25.6 Å². The molecule has 2 fully saturated rings. The third kappa shape index (κ3) is 5.32. The van der Waals surface area contributed by atoms with Gasteiger partial charge in [-0.15, -0.1) is 0 Å². The first kappa shape index (κ1) is 24.2. The van der Waals surface area contributed by atoms with Crippen LogP contribution in [-0.2, 0) is 36.1 Å². The molecule has 1 aromatic heterocycles. The first-order valence-corrected chi connectivity index (χ1v) is 13.8. The standard InChI is InChI=1S/C20H33N3O6S2/c1-4-29-20(24)15-21-13-18(30(25,26)22-9-5-16(2)6-10-22)19(14-21)31(27,28)23-11-7-17(3)8-12-23/h13-14,16-17H,4-12,15H2,1-3H3. The number of hydrogen-bond acceptors (Lipinski definition) is 6. The summed E-state index contributed by atoms with van der Waals surface area (Å²) in [6.45, 7) is 7.18. The highest BCUT2D eigenvalue weighted by molar-refractivity contribution is 7.92. The Morgan fingerprint density at radius 1 is 0.871 bits per heavy atom. The van der Waals surface area contributed by atoms with Crippen molar-refractivity contribution in [3.05, 3.63) is 12.4 Å². The van der Waals surface area contributed by atoms with Crippen molar-refractivity contribution >= 4 is 26.0 Å². The summed E-state index contributed by atoms with van der Waals surface area (Å²) < 4.78 is 62.7. The zero-order valence-corrected chi connectivity index (χ0v) is 20.1. The van der Waals surface area contributed by atoms with E-state index in [0.717, 1.165) is 25.7 Å². The van der Waals surface area contributed by atoms with Crippen LogP contribution in [0.2, 0.25) is 0 Å². The predicted octanol–water partition coefficient (Wildman–Crippen LogP) is 1.89. The van der Waals surface area contributed by atoms with Gasteiger partial charge in [-0.2, -0.15) is 8.61 Å². The monoisotopic (exact) mass is 475 g/mol. The Kier molecular flexibility index (Phi) is 7.50. The number of hydrogen-bond donors (Lipinski definition) is 0. The van der Waals surface area contributed by atoms with Crippen molar-refractivity contribution in [1.82, 2.24) is 13.2 Å². The highest BCUT2D eigenvalue weighted by Crippen LogP contribution is 2.32. The van der Waals surface area contributed by atoms with E-state index in [1.807, 2.05) is 0 Å². The number of carbonyl (C=O) groups is 1. The fourth-order valence-corrected chi connectivity index (χ4v) is 7.75. The second-order valence-electron chi connectivity index (χ2n) is 8.64. The third-order valence-corrected chi connectivity index (χ3v) is 10.1. The maximum atomic E-state index is 13.4. The molecule has 176 valence electrons. The molecule has 2 saturated heterocycles. The molecule has 2 aliphatic heterocycles. The number of esters is 1. The Labute approximate surface area is 185 Å². The Hall–Kier alpha value is -1.43. The van der Waals surface area contributed by atoms with E-state index in [2.05, 4.69) is 13.8 Å². The zero-order chi connectivity index (χ0) is 22.8. The normalized spacial score (nSPS) is 20.7. The smallest absolute Gasteiger partial charge is 0.325 e. The summed E-state index contributed by atoms with van der Waals surface area (Å²) >= 11 is 0. The summed E-state index contributed by atoms with van der Waals surface area (Å²) in [6.07, 6.45) is 5.43. The molecule has 0 N–H and O–H groups in total. The van der Waals surface area contributed by atoms with E-state index in [9.17, 15) is 21.6 Å². The van der Waals surface area contributed by atoms with Crippen LogP contribution in [0.4, 0.5) is 0 Å². The predicted molar refractivity (Wildman–Crippen MR) is 115 cm³/mol. The fourth-order valence-electron chi connectivity index (χ4n) is 4.03. The summed E-state index contributed by atoms with van der Waals surface area (Å²) in [5.74, 6) is 0.306. The molecule has 0 unspecified atom stereocenters. The molecule has 11 heteroatoms. The number of carbonyl (C=O) groups excluding carboxylic acids is 1. The highest BCUT2D eigenvalue weighted by atomic mass is 32.2. The topological polar surface area (TPSA) is 106 Å². The molecule has 31 heavy (non-hydrogen) atoms. The summed E-state index contributed by atoms with van der Waals surface area (Å²) in [5, 5.41) is 0. The second-order valence-corrected chi connectivity index (χ2v) is 12.4. The van der Waals surface area contributed by atoms with Crippen LogP contribution in [0.15, 0.2) is 22.2 Å². The fraction of sp³-hybridized carbons (Fsp3) is 0.750. The molecular formula is C20H33N3O6S2. The molecule has 3 rings (SSSR count). The Morgan fingerprint density at radius 2 is 1.26 bits per heavy atom. The maximum Gasteiger partial charge on any atom is 0.325 e. The van der Waals surface area contributed by atoms with Crippen LogP contribution in [0.1, 0.15) is 46.5 Å². The van der Waals surface area contributed by atoms with Gasteiger partial charge in [0.25, 0.3) is 0 Å². The average Bonchev–Trinajstić information content (AvgIpc) is 3.14.